The Labute approximate surface area is 101 Å². The summed E-state index contributed by atoms with van der Waals surface area (Å²) in [7, 11) is -1.83. The molecule has 0 aromatic heterocycles. The first kappa shape index (κ1) is 14.1. The van der Waals surface area contributed by atoms with Crippen molar-refractivity contribution in [2.45, 2.75) is 17.1 Å². The van der Waals surface area contributed by atoms with Crippen LogP contribution in [0.25, 0.3) is 0 Å². The fraction of sp³-hybridized carbons (Fsp3) is 0.455. The Balaban J connectivity index is 2.88. The maximum absolute atomic E-state index is 11.2. The lowest BCUT2D eigenvalue weighted by Gasteiger charge is -2.17. The predicted molar refractivity (Wildman–Crippen MR) is 62.4 cm³/mol. The van der Waals surface area contributed by atoms with Gasteiger partial charge < -0.3 is 14.9 Å². The van der Waals surface area contributed by atoms with Gasteiger partial charge >= 0.3 is 0 Å². The van der Waals surface area contributed by atoms with Crippen LogP contribution in [0, 0.1) is 0 Å². The van der Waals surface area contributed by atoms with Crippen molar-refractivity contribution in [1.29, 1.82) is 0 Å². The maximum Gasteiger partial charge on any atom is 0.175 e. The molecule has 1 rings (SSSR count). The summed E-state index contributed by atoms with van der Waals surface area (Å²) in [4.78, 5) is 0.176. The Morgan fingerprint density at radius 1 is 1.24 bits per heavy atom. The second-order valence-corrected chi connectivity index (χ2v) is 5.82. The van der Waals surface area contributed by atoms with E-state index in [-0.39, 0.29) is 11.5 Å². The standard InChI is InChI=1S/C11H16O5S/c1-16-7-10(12)11(13)8-3-5-9(6-4-8)17(2,14)15/h3-6,10-13H,7H2,1-2H3/t10-,11+/m0/s1. The number of ether oxygens (including phenoxy) is 1. The van der Waals surface area contributed by atoms with Crippen LogP contribution in [0.15, 0.2) is 29.2 Å². The van der Waals surface area contributed by atoms with Crippen molar-refractivity contribution in [1.82, 2.24) is 0 Å². The van der Waals surface area contributed by atoms with Gasteiger partial charge in [-0.25, -0.2) is 8.42 Å². The molecule has 2 atom stereocenters. The Bertz CT molecular complexity index is 451. The quantitative estimate of drug-likeness (QED) is 0.786. The van der Waals surface area contributed by atoms with Gasteiger partial charge in [-0.3, -0.25) is 0 Å². The lowest BCUT2D eigenvalue weighted by Crippen LogP contribution is -2.23. The molecule has 0 radical (unpaired) electrons. The minimum absolute atomic E-state index is 0.00892. The number of methoxy groups -OCH3 is 1. The molecule has 0 bridgehead atoms. The molecule has 1 aromatic rings. The van der Waals surface area contributed by atoms with E-state index in [1.807, 2.05) is 0 Å². The van der Waals surface area contributed by atoms with E-state index >= 15 is 0 Å². The third-order valence-electron chi connectivity index (χ3n) is 2.35. The summed E-state index contributed by atoms with van der Waals surface area (Å²) in [5.74, 6) is 0. The van der Waals surface area contributed by atoms with Crippen LogP contribution in [0.4, 0.5) is 0 Å². The van der Waals surface area contributed by atoms with E-state index < -0.39 is 22.0 Å². The SMILES string of the molecule is COC[C@H](O)[C@H](O)c1ccc(S(C)(=O)=O)cc1. The van der Waals surface area contributed by atoms with Gasteiger partial charge in [0.2, 0.25) is 0 Å². The molecular formula is C11H16O5S. The Morgan fingerprint density at radius 2 is 1.76 bits per heavy atom. The van der Waals surface area contributed by atoms with Gasteiger partial charge in [0.05, 0.1) is 11.5 Å². The van der Waals surface area contributed by atoms with Gasteiger partial charge in [0.15, 0.2) is 9.84 Å². The lowest BCUT2D eigenvalue weighted by molar-refractivity contribution is -0.0273. The molecule has 0 heterocycles. The van der Waals surface area contributed by atoms with Crippen molar-refractivity contribution < 1.29 is 23.4 Å². The molecule has 0 aliphatic heterocycles. The minimum Gasteiger partial charge on any atom is -0.388 e. The summed E-state index contributed by atoms with van der Waals surface area (Å²) < 4.78 is 27.2. The lowest BCUT2D eigenvalue weighted by atomic mass is 10.1. The van der Waals surface area contributed by atoms with Gasteiger partial charge in [-0.1, -0.05) is 12.1 Å². The Kier molecular flexibility index (Phi) is 4.64. The van der Waals surface area contributed by atoms with Crippen LogP contribution in [0.3, 0.4) is 0 Å². The van der Waals surface area contributed by atoms with E-state index in [0.717, 1.165) is 6.26 Å². The van der Waals surface area contributed by atoms with Crippen molar-refractivity contribution in [3.05, 3.63) is 29.8 Å². The Hall–Kier alpha value is -0.950. The molecule has 0 amide bonds. The van der Waals surface area contributed by atoms with Crippen molar-refractivity contribution >= 4 is 9.84 Å². The summed E-state index contributed by atoms with van der Waals surface area (Å²) in [5, 5.41) is 19.2. The first-order valence-electron chi connectivity index (χ1n) is 5.01. The zero-order valence-electron chi connectivity index (χ0n) is 9.70. The van der Waals surface area contributed by atoms with Gasteiger partial charge in [-0.15, -0.1) is 0 Å². The predicted octanol–water partition coefficient (Wildman–Crippen LogP) is 0.131. The van der Waals surface area contributed by atoms with Crippen LogP contribution in [-0.4, -0.2) is 44.7 Å². The van der Waals surface area contributed by atoms with Gasteiger partial charge in [0.1, 0.15) is 12.2 Å². The average molecular weight is 260 g/mol. The first-order chi connectivity index (χ1) is 7.86. The molecule has 0 saturated heterocycles. The normalized spacial score (nSPS) is 15.5. The van der Waals surface area contributed by atoms with Gasteiger partial charge in [-0.2, -0.15) is 0 Å². The van der Waals surface area contributed by atoms with Gasteiger partial charge in [0.25, 0.3) is 0 Å². The molecule has 0 fully saturated rings. The monoisotopic (exact) mass is 260 g/mol. The van der Waals surface area contributed by atoms with E-state index in [2.05, 4.69) is 0 Å². The van der Waals surface area contributed by atoms with Crippen molar-refractivity contribution in [2.24, 2.45) is 0 Å². The van der Waals surface area contributed by atoms with Crippen LogP contribution in [0.5, 0.6) is 0 Å². The number of hydrogen-bond acceptors (Lipinski definition) is 5. The fourth-order valence-corrected chi connectivity index (χ4v) is 2.03. The number of rotatable bonds is 5. The van der Waals surface area contributed by atoms with Crippen LogP contribution in [0.1, 0.15) is 11.7 Å². The van der Waals surface area contributed by atoms with Gasteiger partial charge in [-0.05, 0) is 17.7 Å². The highest BCUT2D eigenvalue weighted by molar-refractivity contribution is 7.90. The van der Waals surface area contributed by atoms with Crippen LogP contribution in [-0.2, 0) is 14.6 Å². The molecule has 6 heteroatoms. The van der Waals surface area contributed by atoms with E-state index in [1.165, 1.54) is 31.4 Å². The molecule has 2 N–H and O–H groups in total. The summed E-state index contributed by atoms with van der Waals surface area (Å²) in [5.41, 5.74) is 0.446. The zero-order chi connectivity index (χ0) is 13.1. The Morgan fingerprint density at radius 3 is 2.18 bits per heavy atom. The molecule has 1 aromatic carbocycles. The summed E-state index contributed by atoms with van der Waals surface area (Å²) >= 11 is 0. The zero-order valence-corrected chi connectivity index (χ0v) is 10.5. The highest BCUT2D eigenvalue weighted by Crippen LogP contribution is 2.19. The molecule has 0 spiro atoms. The summed E-state index contributed by atoms with van der Waals surface area (Å²) in [6, 6.07) is 5.74. The highest BCUT2D eigenvalue weighted by atomic mass is 32.2. The molecule has 0 saturated carbocycles. The van der Waals surface area contributed by atoms with Crippen LogP contribution < -0.4 is 0 Å². The van der Waals surface area contributed by atoms with Crippen LogP contribution in [0.2, 0.25) is 0 Å². The van der Waals surface area contributed by atoms with Crippen LogP contribution >= 0.6 is 0 Å². The third kappa shape index (κ3) is 3.78. The van der Waals surface area contributed by atoms with E-state index in [4.69, 9.17) is 4.74 Å². The number of hydrogen-bond donors (Lipinski definition) is 2. The molecule has 0 unspecified atom stereocenters. The average Bonchev–Trinajstić information content (AvgIpc) is 2.27. The molecule has 0 aliphatic carbocycles. The fourth-order valence-electron chi connectivity index (χ4n) is 1.40. The van der Waals surface area contributed by atoms with Crippen molar-refractivity contribution in [3.63, 3.8) is 0 Å². The smallest absolute Gasteiger partial charge is 0.175 e. The number of sulfone groups is 1. The number of benzene rings is 1. The van der Waals surface area contributed by atoms with Gasteiger partial charge in [0, 0.05) is 13.4 Å². The molecule has 17 heavy (non-hydrogen) atoms. The first-order valence-corrected chi connectivity index (χ1v) is 6.90. The maximum atomic E-state index is 11.2. The van der Waals surface area contributed by atoms with E-state index in [9.17, 15) is 18.6 Å². The summed E-state index contributed by atoms with van der Waals surface area (Å²) in [6.45, 7) is 0.00892. The molecule has 0 aliphatic rings. The number of aliphatic hydroxyl groups excluding tert-OH is 2. The highest BCUT2D eigenvalue weighted by Gasteiger charge is 2.18. The van der Waals surface area contributed by atoms with E-state index in [0.29, 0.717) is 5.56 Å². The third-order valence-corrected chi connectivity index (χ3v) is 3.48. The second-order valence-electron chi connectivity index (χ2n) is 3.81. The number of aliphatic hydroxyl groups is 2. The summed E-state index contributed by atoms with van der Waals surface area (Å²) in [6.07, 6.45) is -1.02. The van der Waals surface area contributed by atoms with Crippen molar-refractivity contribution in [2.75, 3.05) is 20.0 Å². The van der Waals surface area contributed by atoms with E-state index in [1.54, 1.807) is 0 Å². The van der Waals surface area contributed by atoms with Crippen molar-refractivity contribution in [3.8, 4) is 0 Å². The largest absolute Gasteiger partial charge is 0.388 e. The molecule has 96 valence electrons. The molecule has 5 nitrogen and oxygen atoms in total. The minimum atomic E-state index is -3.24. The topological polar surface area (TPSA) is 83.8 Å². The second kappa shape index (κ2) is 5.59. The molecular weight excluding hydrogens is 244 g/mol.